The van der Waals surface area contributed by atoms with Gasteiger partial charge < -0.3 is 29.4 Å². The van der Waals surface area contributed by atoms with E-state index in [4.69, 9.17) is 18.9 Å². The second kappa shape index (κ2) is 13.6. The van der Waals surface area contributed by atoms with E-state index in [1.807, 2.05) is 13.8 Å². The SMILES string of the molecule is COc1ccnc(C(=O)N[C@H]2COC[C@H](CCC(C)C)[C@@H](OCCCC(F)(F)F)[C@H](C)OC2=O)c1O. The van der Waals surface area contributed by atoms with Crippen LogP contribution in [0.5, 0.6) is 11.5 Å². The number of aromatic hydroxyl groups is 1. The standard InChI is InChI=1S/C24H35F3N2O7/c1-14(2)6-7-16-12-34-13-17(29-22(31)19-20(30)18(33-4)8-10-28-19)23(32)36-15(3)21(16)35-11-5-9-24(25,26)27/h8,10,14-17,21,30H,5-7,9,11-13H2,1-4H3,(H,29,31)/t15-,16-,17-,21-/m0/s1. The summed E-state index contributed by atoms with van der Waals surface area (Å²) >= 11 is 0. The molecule has 0 bridgehead atoms. The molecule has 1 fully saturated rings. The van der Waals surface area contributed by atoms with Crippen LogP contribution in [-0.2, 0) is 19.0 Å². The van der Waals surface area contributed by atoms with Crippen molar-refractivity contribution in [3.8, 4) is 11.5 Å². The lowest BCUT2D eigenvalue weighted by Gasteiger charge is -2.31. The van der Waals surface area contributed by atoms with Gasteiger partial charge in [-0.3, -0.25) is 4.79 Å². The Hall–Kier alpha value is -2.60. The summed E-state index contributed by atoms with van der Waals surface area (Å²) in [7, 11) is 1.32. The first-order valence-corrected chi connectivity index (χ1v) is 11.9. The smallest absolute Gasteiger partial charge is 0.389 e. The second-order valence-corrected chi connectivity index (χ2v) is 9.20. The zero-order valence-electron chi connectivity index (χ0n) is 21.0. The number of halogens is 3. The van der Waals surface area contributed by atoms with Crippen molar-refractivity contribution < 1.29 is 46.8 Å². The molecule has 4 atom stereocenters. The third-order valence-electron chi connectivity index (χ3n) is 5.79. The predicted octanol–water partition coefficient (Wildman–Crippen LogP) is 3.64. The molecule has 1 aromatic heterocycles. The minimum absolute atomic E-state index is 0.0376. The number of carbonyl (C=O) groups is 2. The van der Waals surface area contributed by atoms with Crippen LogP contribution in [-0.4, -0.2) is 73.3 Å². The van der Waals surface area contributed by atoms with Crippen LogP contribution in [0, 0.1) is 11.8 Å². The predicted molar refractivity (Wildman–Crippen MR) is 123 cm³/mol. The molecule has 0 aliphatic carbocycles. The van der Waals surface area contributed by atoms with Crippen molar-refractivity contribution in [3.05, 3.63) is 18.0 Å². The summed E-state index contributed by atoms with van der Waals surface area (Å²) in [6.45, 7) is 5.51. The Balaban J connectivity index is 2.13. The van der Waals surface area contributed by atoms with E-state index in [0.29, 0.717) is 12.3 Å². The van der Waals surface area contributed by atoms with Crippen molar-refractivity contribution in [2.24, 2.45) is 11.8 Å². The number of nitrogens with zero attached hydrogens (tertiary/aromatic N) is 1. The number of methoxy groups -OCH3 is 1. The van der Waals surface area contributed by atoms with Gasteiger partial charge in [0.1, 0.15) is 6.10 Å². The molecule has 204 valence electrons. The lowest BCUT2D eigenvalue weighted by molar-refractivity contribution is -0.162. The van der Waals surface area contributed by atoms with Gasteiger partial charge in [0.05, 0.1) is 26.4 Å². The molecule has 2 N–H and O–H groups in total. The maximum atomic E-state index is 12.9. The number of hydrogen-bond acceptors (Lipinski definition) is 8. The van der Waals surface area contributed by atoms with E-state index < -0.39 is 48.5 Å². The molecule has 0 aromatic carbocycles. The molecule has 0 radical (unpaired) electrons. The molecule has 1 aliphatic rings. The number of cyclic esters (lactones) is 1. The first kappa shape index (κ1) is 29.6. The van der Waals surface area contributed by atoms with Crippen LogP contribution < -0.4 is 10.1 Å². The zero-order valence-corrected chi connectivity index (χ0v) is 21.0. The molecule has 2 heterocycles. The Bertz CT molecular complexity index is 867. The van der Waals surface area contributed by atoms with Crippen LogP contribution in [0.15, 0.2) is 12.3 Å². The largest absolute Gasteiger partial charge is 0.503 e. The van der Waals surface area contributed by atoms with E-state index in [1.54, 1.807) is 6.92 Å². The minimum Gasteiger partial charge on any atom is -0.503 e. The first-order valence-electron chi connectivity index (χ1n) is 11.9. The number of nitrogens with one attached hydrogen (secondary N) is 1. The number of hydrogen-bond donors (Lipinski definition) is 2. The normalized spacial score (nSPS) is 23.4. The summed E-state index contributed by atoms with van der Waals surface area (Å²) in [5.74, 6) is -1.94. The van der Waals surface area contributed by atoms with E-state index in [9.17, 15) is 27.9 Å². The highest BCUT2D eigenvalue weighted by Gasteiger charge is 2.36. The molecule has 1 amide bonds. The van der Waals surface area contributed by atoms with E-state index >= 15 is 0 Å². The van der Waals surface area contributed by atoms with Gasteiger partial charge in [0.2, 0.25) is 0 Å². The van der Waals surface area contributed by atoms with Gasteiger partial charge >= 0.3 is 12.1 Å². The number of pyridine rings is 1. The summed E-state index contributed by atoms with van der Waals surface area (Å²) < 4.78 is 59.7. The molecule has 2 rings (SSSR count). The van der Waals surface area contributed by atoms with Gasteiger partial charge in [-0.1, -0.05) is 20.3 Å². The highest BCUT2D eigenvalue weighted by atomic mass is 19.4. The van der Waals surface area contributed by atoms with E-state index in [-0.39, 0.29) is 43.6 Å². The Morgan fingerprint density at radius 1 is 1.33 bits per heavy atom. The van der Waals surface area contributed by atoms with E-state index in [0.717, 1.165) is 6.42 Å². The van der Waals surface area contributed by atoms with Crippen molar-refractivity contribution in [2.75, 3.05) is 26.9 Å². The number of esters is 1. The highest BCUT2D eigenvalue weighted by Crippen LogP contribution is 2.28. The molecular weight excluding hydrogens is 485 g/mol. The maximum absolute atomic E-state index is 12.9. The Labute approximate surface area is 208 Å². The summed E-state index contributed by atoms with van der Waals surface area (Å²) in [5, 5.41) is 12.6. The van der Waals surface area contributed by atoms with E-state index in [1.165, 1.54) is 19.4 Å². The number of alkyl halides is 3. The number of amides is 1. The third kappa shape index (κ3) is 9.12. The monoisotopic (exact) mass is 520 g/mol. The second-order valence-electron chi connectivity index (χ2n) is 9.20. The molecule has 9 nitrogen and oxygen atoms in total. The average molecular weight is 521 g/mol. The van der Waals surface area contributed by atoms with Crippen molar-refractivity contribution >= 4 is 11.9 Å². The lowest BCUT2D eigenvalue weighted by atomic mass is 9.91. The molecule has 0 spiro atoms. The van der Waals surface area contributed by atoms with Crippen LogP contribution >= 0.6 is 0 Å². The number of ether oxygens (including phenoxy) is 4. The zero-order chi connectivity index (χ0) is 26.9. The average Bonchev–Trinajstić information content (AvgIpc) is 2.84. The van der Waals surface area contributed by atoms with Crippen molar-refractivity contribution in [1.29, 1.82) is 0 Å². The summed E-state index contributed by atoms with van der Waals surface area (Å²) in [6.07, 6.45) is -4.20. The van der Waals surface area contributed by atoms with Crippen molar-refractivity contribution in [2.45, 2.75) is 70.9 Å². The van der Waals surface area contributed by atoms with Gasteiger partial charge in [0.25, 0.3) is 5.91 Å². The topological polar surface area (TPSA) is 116 Å². The molecule has 36 heavy (non-hydrogen) atoms. The fourth-order valence-electron chi connectivity index (χ4n) is 3.87. The number of rotatable bonds is 10. The highest BCUT2D eigenvalue weighted by molar-refractivity contribution is 5.98. The van der Waals surface area contributed by atoms with Gasteiger partial charge in [0, 0.05) is 31.2 Å². The number of carbonyl (C=O) groups excluding carboxylic acids is 2. The summed E-state index contributed by atoms with van der Waals surface area (Å²) in [6, 6.07) is 0.166. The van der Waals surface area contributed by atoms with Crippen LogP contribution in [0.3, 0.4) is 0 Å². The molecule has 12 heteroatoms. The van der Waals surface area contributed by atoms with Gasteiger partial charge in [-0.05, 0) is 25.7 Å². The van der Waals surface area contributed by atoms with Crippen molar-refractivity contribution in [1.82, 2.24) is 10.3 Å². The fraction of sp³-hybridized carbons (Fsp3) is 0.708. The molecular formula is C24H35F3N2O7. The Morgan fingerprint density at radius 3 is 2.69 bits per heavy atom. The summed E-state index contributed by atoms with van der Waals surface area (Å²) in [5.41, 5.74) is -0.337. The molecule has 0 saturated carbocycles. The van der Waals surface area contributed by atoms with Crippen LogP contribution in [0.25, 0.3) is 0 Å². The molecule has 1 aliphatic heterocycles. The van der Waals surface area contributed by atoms with Gasteiger partial charge in [-0.2, -0.15) is 13.2 Å². The van der Waals surface area contributed by atoms with Crippen LogP contribution in [0.4, 0.5) is 13.2 Å². The Kier molecular flexibility index (Phi) is 11.2. The van der Waals surface area contributed by atoms with Gasteiger partial charge in [-0.15, -0.1) is 0 Å². The third-order valence-corrected chi connectivity index (χ3v) is 5.79. The quantitative estimate of drug-likeness (QED) is 0.355. The van der Waals surface area contributed by atoms with Crippen molar-refractivity contribution in [3.63, 3.8) is 0 Å². The fourth-order valence-corrected chi connectivity index (χ4v) is 3.87. The molecule has 1 aromatic rings. The van der Waals surface area contributed by atoms with Gasteiger partial charge in [0.15, 0.2) is 23.2 Å². The molecule has 1 saturated heterocycles. The van der Waals surface area contributed by atoms with Crippen LogP contribution in [0.1, 0.15) is 56.9 Å². The van der Waals surface area contributed by atoms with E-state index in [2.05, 4.69) is 10.3 Å². The van der Waals surface area contributed by atoms with Gasteiger partial charge in [-0.25, -0.2) is 9.78 Å². The number of aromatic nitrogens is 1. The first-order chi connectivity index (χ1) is 16.9. The lowest BCUT2D eigenvalue weighted by Crippen LogP contribution is -2.46. The molecule has 0 unspecified atom stereocenters. The minimum atomic E-state index is -4.28. The Morgan fingerprint density at radius 2 is 2.06 bits per heavy atom. The summed E-state index contributed by atoms with van der Waals surface area (Å²) in [4.78, 5) is 29.4. The van der Waals surface area contributed by atoms with Crippen LogP contribution in [0.2, 0.25) is 0 Å². The maximum Gasteiger partial charge on any atom is 0.389 e.